The minimum absolute atomic E-state index is 0.174. The molecular weight excluding hydrogens is 291 g/mol. The summed E-state index contributed by atoms with van der Waals surface area (Å²) < 4.78 is 39.9. The molecule has 0 aliphatic rings. The Morgan fingerprint density at radius 3 is 2.71 bits per heavy atom. The summed E-state index contributed by atoms with van der Waals surface area (Å²) >= 11 is 0. The zero-order valence-corrected chi connectivity index (χ0v) is 10.4. The molecule has 1 atom stereocenters. The van der Waals surface area contributed by atoms with Gasteiger partial charge in [0.1, 0.15) is 6.54 Å². The fraction of sp³-hybridized carbons (Fsp3) is 0.300. The Morgan fingerprint density at radius 2 is 2.19 bits per heavy atom. The number of aromatic nitrogens is 5. The summed E-state index contributed by atoms with van der Waals surface area (Å²) in [5, 5.41) is 11.7. The number of carbonyl (C=O) groups is 1. The second-order valence-corrected chi connectivity index (χ2v) is 3.99. The molecule has 0 bridgehead atoms. The molecule has 1 amide bonds. The number of carbonyl (C=O) groups excluding carboxylic acids is 1. The third-order valence-corrected chi connectivity index (χ3v) is 2.47. The number of amides is 1. The van der Waals surface area contributed by atoms with Crippen molar-refractivity contribution < 1.29 is 18.0 Å². The smallest absolute Gasteiger partial charge is 0.367 e. The molecule has 0 saturated heterocycles. The lowest BCUT2D eigenvalue weighted by Gasteiger charge is -2.21. The minimum Gasteiger partial charge on any atom is -0.367 e. The van der Waals surface area contributed by atoms with Crippen LogP contribution in [0.5, 0.6) is 0 Å². The Bertz CT molecular complexity index is 613. The molecule has 8 nitrogen and oxygen atoms in total. The first-order chi connectivity index (χ1) is 9.88. The van der Waals surface area contributed by atoms with E-state index in [0.29, 0.717) is 0 Å². The van der Waals surface area contributed by atoms with Gasteiger partial charge in [-0.25, -0.2) is 4.68 Å². The largest absolute Gasteiger partial charge is 0.414 e. The molecule has 0 aliphatic heterocycles. The fourth-order valence-electron chi connectivity index (χ4n) is 1.54. The zero-order valence-electron chi connectivity index (χ0n) is 10.4. The van der Waals surface area contributed by atoms with Crippen molar-refractivity contribution in [1.82, 2.24) is 30.5 Å². The Morgan fingerprint density at radius 1 is 1.43 bits per heavy atom. The van der Waals surface area contributed by atoms with E-state index >= 15 is 0 Å². The third-order valence-electron chi connectivity index (χ3n) is 2.47. The minimum atomic E-state index is -4.68. The molecule has 3 N–H and O–H groups in total. The van der Waals surface area contributed by atoms with E-state index in [9.17, 15) is 18.0 Å². The second-order valence-electron chi connectivity index (χ2n) is 3.99. The molecule has 2 heterocycles. The number of anilines is 1. The van der Waals surface area contributed by atoms with E-state index in [1.165, 1.54) is 24.4 Å². The normalized spacial score (nSPS) is 12.9. The molecule has 11 heteroatoms. The number of nitrogens with one attached hydrogen (secondary N) is 1. The van der Waals surface area contributed by atoms with Crippen molar-refractivity contribution in [3.8, 4) is 0 Å². The summed E-state index contributed by atoms with van der Waals surface area (Å²) in [5.74, 6) is -1.12. The molecule has 0 radical (unpaired) electrons. The fourth-order valence-corrected chi connectivity index (χ4v) is 1.54. The molecule has 0 aromatic carbocycles. The van der Waals surface area contributed by atoms with Crippen LogP contribution >= 0.6 is 0 Å². The highest BCUT2D eigenvalue weighted by molar-refractivity contribution is 5.76. The number of rotatable bonds is 4. The Balaban J connectivity index is 2.13. The number of hydrogen-bond acceptors (Lipinski definition) is 6. The first kappa shape index (κ1) is 14.7. The van der Waals surface area contributed by atoms with Gasteiger partial charge in [0.25, 0.3) is 0 Å². The number of alkyl halides is 3. The van der Waals surface area contributed by atoms with E-state index in [1.54, 1.807) is 0 Å². The van der Waals surface area contributed by atoms with Crippen molar-refractivity contribution in [3.63, 3.8) is 0 Å². The quantitative estimate of drug-likeness (QED) is 0.826. The summed E-state index contributed by atoms with van der Waals surface area (Å²) in [7, 11) is 0. The lowest BCUT2D eigenvalue weighted by atomic mass is 10.2. The number of nitrogen functional groups attached to an aromatic ring is 1. The molecule has 0 fully saturated rings. The van der Waals surface area contributed by atoms with E-state index in [1.807, 2.05) is 5.32 Å². The van der Waals surface area contributed by atoms with Crippen molar-refractivity contribution in [2.75, 3.05) is 5.73 Å². The van der Waals surface area contributed by atoms with Gasteiger partial charge in [-0.2, -0.15) is 13.2 Å². The van der Waals surface area contributed by atoms with Crippen molar-refractivity contribution in [1.29, 1.82) is 0 Å². The van der Waals surface area contributed by atoms with Gasteiger partial charge in [0.15, 0.2) is 6.04 Å². The van der Waals surface area contributed by atoms with E-state index in [2.05, 4.69) is 20.5 Å². The zero-order chi connectivity index (χ0) is 15.5. The van der Waals surface area contributed by atoms with Crippen LogP contribution in [0.4, 0.5) is 19.1 Å². The maximum Gasteiger partial charge on any atom is 0.414 e. The maximum absolute atomic E-state index is 13.0. The molecule has 2 aromatic rings. The van der Waals surface area contributed by atoms with E-state index in [-0.39, 0.29) is 11.6 Å². The Labute approximate surface area is 116 Å². The lowest BCUT2D eigenvalue weighted by molar-refractivity contribution is -0.164. The van der Waals surface area contributed by atoms with Crippen molar-refractivity contribution in [2.24, 2.45) is 0 Å². The van der Waals surface area contributed by atoms with Gasteiger partial charge in [-0.1, -0.05) is 11.2 Å². The molecule has 0 saturated carbocycles. The van der Waals surface area contributed by atoms with Crippen LogP contribution in [-0.2, 0) is 11.3 Å². The topological polar surface area (TPSA) is 112 Å². The van der Waals surface area contributed by atoms with Gasteiger partial charge in [0.2, 0.25) is 11.9 Å². The lowest BCUT2D eigenvalue weighted by Crippen LogP contribution is -2.40. The Kier molecular flexibility index (Phi) is 4.00. The van der Waals surface area contributed by atoms with Gasteiger partial charge < -0.3 is 11.1 Å². The number of pyridine rings is 1. The van der Waals surface area contributed by atoms with Crippen molar-refractivity contribution in [2.45, 2.75) is 18.8 Å². The highest BCUT2D eigenvalue weighted by Gasteiger charge is 2.42. The van der Waals surface area contributed by atoms with Gasteiger partial charge >= 0.3 is 6.18 Å². The number of nitrogens with zero attached hydrogens (tertiary/aromatic N) is 5. The summed E-state index contributed by atoms with van der Waals surface area (Å²) in [4.78, 5) is 15.3. The van der Waals surface area contributed by atoms with Crippen LogP contribution in [0.25, 0.3) is 0 Å². The summed E-state index contributed by atoms with van der Waals surface area (Å²) in [6.45, 7) is -0.530. The number of tetrazole rings is 1. The van der Waals surface area contributed by atoms with Gasteiger partial charge in [0, 0.05) is 6.20 Å². The van der Waals surface area contributed by atoms with Crippen LogP contribution in [0.2, 0.25) is 0 Å². The third kappa shape index (κ3) is 3.64. The van der Waals surface area contributed by atoms with Crippen LogP contribution in [0.3, 0.4) is 0 Å². The van der Waals surface area contributed by atoms with Crippen molar-refractivity contribution in [3.05, 3.63) is 30.1 Å². The summed E-state index contributed by atoms with van der Waals surface area (Å²) in [6.07, 6.45) is -3.48. The second kappa shape index (κ2) is 5.73. The van der Waals surface area contributed by atoms with Crippen LogP contribution in [0.1, 0.15) is 11.7 Å². The van der Waals surface area contributed by atoms with Gasteiger partial charge in [0.05, 0.1) is 5.69 Å². The van der Waals surface area contributed by atoms with E-state index in [0.717, 1.165) is 4.68 Å². The first-order valence-corrected chi connectivity index (χ1v) is 5.66. The average molecular weight is 301 g/mol. The monoisotopic (exact) mass is 301 g/mol. The molecule has 2 rings (SSSR count). The molecule has 1 unspecified atom stereocenters. The number of hydrogen-bond donors (Lipinski definition) is 2. The molecule has 2 aromatic heterocycles. The van der Waals surface area contributed by atoms with Crippen molar-refractivity contribution >= 4 is 11.9 Å². The van der Waals surface area contributed by atoms with Crippen LogP contribution in [0, 0.1) is 0 Å². The number of nitrogens with two attached hydrogens (primary N) is 1. The SMILES string of the molecule is Nc1nnnn1CC(=O)NC(c1ccccn1)C(F)(F)F. The van der Waals surface area contributed by atoms with Gasteiger partial charge in [-0.05, 0) is 22.6 Å². The molecule has 21 heavy (non-hydrogen) atoms. The molecule has 0 aliphatic carbocycles. The highest BCUT2D eigenvalue weighted by Crippen LogP contribution is 2.31. The predicted octanol–water partition coefficient (Wildman–Crippen LogP) is 0.0701. The Hall–Kier alpha value is -2.72. The van der Waals surface area contributed by atoms with E-state index < -0.39 is 24.7 Å². The summed E-state index contributed by atoms with van der Waals surface area (Å²) in [5.41, 5.74) is 5.01. The molecule has 112 valence electrons. The first-order valence-electron chi connectivity index (χ1n) is 5.66. The molecular formula is C10H10F3N7O. The number of halogens is 3. The van der Waals surface area contributed by atoms with Crippen LogP contribution in [0.15, 0.2) is 24.4 Å². The van der Waals surface area contributed by atoms with Crippen LogP contribution < -0.4 is 11.1 Å². The van der Waals surface area contributed by atoms with Gasteiger partial charge in [-0.3, -0.25) is 9.78 Å². The summed E-state index contributed by atoms with van der Waals surface area (Å²) in [6, 6.07) is 1.82. The predicted molar refractivity (Wildman–Crippen MR) is 63.4 cm³/mol. The standard InChI is InChI=1S/C10H10F3N7O/c11-10(12,13)8(6-3-1-2-4-15-6)16-7(21)5-20-9(14)17-18-19-20/h1-4,8H,5H2,(H,16,21)(H2,14,17,19). The van der Waals surface area contributed by atoms with E-state index in [4.69, 9.17) is 5.73 Å². The molecule has 0 spiro atoms. The van der Waals surface area contributed by atoms with Gasteiger partial charge in [-0.15, -0.1) is 0 Å². The maximum atomic E-state index is 13.0. The average Bonchev–Trinajstić information content (AvgIpc) is 2.81. The van der Waals surface area contributed by atoms with Crippen LogP contribution in [-0.4, -0.2) is 37.3 Å². The highest BCUT2D eigenvalue weighted by atomic mass is 19.4.